The van der Waals surface area contributed by atoms with Crippen LogP contribution in [0.15, 0.2) is 42.5 Å². The highest BCUT2D eigenvalue weighted by Gasteiger charge is 2.38. The van der Waals surface area contributed by atoms with Crippen molar-refractivity contribution >= 4 is 40.5 Å². The lowest BCUT2D eigenvalue weighted by Gasteiger charge is -2.37. The highest BCUT2D eigenvalue weighted by Crippen LogP contribution is 2.40. The lowest BCUT2D eigenvalue weighted by atomic mass is 10.0. The van der Waals surface area contributed by atoms with Gasteiger partial charge in [0.05, 0.1) is 0 Å². The lowest BCUT2D eigenvalue weighted by molar-refractivity contribution is -0.133. The van der Waals surface area contributed by atoms with E-state index in [4.69, 9.17) is 23.2 Å². The molecule has 2 heterocycles. The highest BCUT2D eigenvalue weighted by molar-refractivity contribution is 6.35. The first-order chi connectivity index (χ1) is 13.9. The van der Waals surface area contributed by atoms with Crippen molar-refractivity contribution in [2.45, 2.75) is 51.2 Å². The number of para-hydroxylation sites is 1. The zero-order valence-electron chi connectivity index (χ0n) is 16.9. The maximum atomic E-state index is 13.5. The molecule has 0 bridgehead atoms. The van der Waals surface area contributed by atoms with Crippen LogP contribution in [0, 0.1) is 0 Å². The fourth-order valence-corrected chi connectivity index (χ4v) is 5.04. The number of carbonyl (C=O) groups is 1. The van der Waals surface area contributed by atoms with Gasteiger partial charge in [0.1, 0.15) is 6.04 Å². The van der Waals surface area contributed by atoms with E-state index in [0.29, 0.717) is 28.5 Å². The van der Waals surface area contributed by atoms with E-state index in [1.807, 2.05) is 29.2 Å². The molecular formula is C23H27Cl2N3O. The molecule has 0 spiro atoms. The Balaban J connectivity index is 1.58. The normalized spacial score (nSPS) is 19.7. The van der Waals surface area contributed by atoms with Crippen LogP contribution >= 0.6 is 23.2 Å². The number of piperidine rings is 1. The Kier molecular flexibility index (Phi) is 6.05. The quantitative estimate of drug-likeness (QED) is 0.735. The zero-order chi connectivity index (χ0) is 20.5. The van der Waals surface area contributed by atoms with Gasteiger partial charge in [-0.1, -0.05) is 55.2 Å². The average molecular weight is 432 g/mol. The third kappa shape index (κ3) is 4.40. The number of hydrogen-bond donors (Lipinski definition) is 1. The minimum atomic E-state index is -0.267. The molecule has 1 atom stereocenters. The molecule has 4 rings (SSSR count). The van der Waals surface area contributed by atoms with Crippen molar-refractivity contribution in [3.8, 4) is 0 Å². The monoisotopic (exact) mass is 431 g/mol. The molecule has 0 radical (unpaired) electrons. The van der Waals surface area contributed by atoms with Gasteiger partial charge >= 0.3 is 0 Å². The molecule has 154 valence electrons. The number of halogens is 2. The van der Waals surface area contributed by atoms with Gasteiger partial charge in [0, 0.05) is 53.0 Å². The lowest BCUT2D eigenvalue weighted by Crippen LogP contribution is -2.51. The summed E-state index contributed by atoms with van der Waals surface area (Å²) in [5.74, 6) is 0.181. The van der Waals surface area contributed by atoms with Crippen molar-refractivity contribution in [3.05, 3.63) is 58.1 Å². The van der Waals surface area contributed by atoms with Crippen molar-refractivity contribution in [1.29, 1.82) is 0 Å². The predicted molar refractivity (Wildman–Crippen MR) is 120 cm³/mol. The second-order valence-electron chi connectivity index (χ2n) is 8.27. The summed E-state index contributed by atoms with van der Waals surface area (Å²) in [6.45, 7) is 5.92. The molecule has 0 aromatic heterocycles. The first kappa shape index (κ1) is 20.5. The Morgan fingerprint density at radius 2 is 1.72 bits per heavy atom. The van der Waals surface area contributed by atoms with E-state index in [1.165, 1.54) is 5.56 Å². The number of rotatable bonds is 4. The van der Waals surface area contributed by atoms with E-state index in [9.17, 15) is 4.79 Å². The summed E-state index contributed by atoms with van der Waals surface area (Å²) < 4.78 is 0. The molecule has 4 nitrogen and oxygen atoms in total. The Morgan fingerprint density at radius 1 is 1.07 bits per heavy atom. The fraction of sp³-hybridized carbons (Fsp3) is 0.435. The molecule has 1 unspecified atom stereocenters. The number of likely N-dealkylation sites (tertiary alicyclic amines) is 1. The summed E-state index contributed by atoms with van der Waals surface area (Å²) in [6.07, 6.45) is 2.68. The Bertz CT molecular complexity index is 873. The molecule has 2 aliphatic rings. The molecule has 1 fully saturated rings. The second-order valence-corrected chi connectivity index (χ2v) is 9.14. The van der Waals surface area contributed by atoms with Crippen molar-refractivity contribution < 1.29 is 4.79 Å². The molecule has 0 saturated carbocycles. The van der Waals surface area contributed by atoms with Gasteiger partial charge in [-0.25, -0.2) is 0 Å². The summed E-state index contributed by atoms with van der Waals surface area (Å²) in [6, 6.07) is 14.4. The predicted octanol–water partition coefficient (Wildman–Crippen LogP) is 5.05. The third-order valence-corrected chi connectivity index (χ3v) is 6.20. The summed E-state index contributed by atoms with van der Waals surface area (Å²) in [4.78, 5) is 17.7. The number of fused-ring (bicyclic) bond motifs is 1. The van der Waals surface area contributed by atoms with Gasteiger partial charge in [-0.05, 0) is 42.7 Å². The van der Waals surface area contributed by atoms with Crippen LogP contribution in [0.4, 0.5) is 11.4 Å². The molecule has 6 heteroatoms. The largest absolute Gasteiger partial charge is 0.341 e. The van der Waals surface area contributed by atoms with Gasteiger partial charge in [-0.15, -0.1) is 0 Å². The van der Waals surface area contributed by atoms with Crippen LogP contribution < -0.4 is 10.2 Å². The number of nitrogens with zero attached hydrogens (tertiary/aromatic N) is 2. The molecule has 2 aromatic carbocycles. The maximum absolute atomic E-state index is 13.5. The van der Waals surface area contributed by atoms with E-state index < -0.39 is 0 Å². The standard InChI is InChI=1S/C23H27Cl2N3O/c1-15(2)26-19-7-9-27(10-8-19)23(29)22-11-16-5-3-4-6-21(16)28(22)20-13-17(24)12-18(25)14-20/h3-6,12-15,19,22,26H,7-11H2,1-2H3. The zero-order valence-corrected chi connectivity index (χ0v) is 18.4. The van der Waals surface area contributed by atoms with Gasteiger partial charge in [0.25, 0.3) is 0 Å². The van der Waals surface area contributed by atoms with Crippen LogP contribution in [-0.4, -0.2) is 42.0 Å². The summed E-state index contributed by atoms with van der Waals surface area (Å²) in [7, 11) is 0. The summed E-state index contributed by atoms with van der Waals surface area (Å²) in [5, 5.41) is 4.74. The molecule has 2 aliphatic heterocycles. The van der Waals surface area contributed by atoms with Crippen LogP contribution in [0.1, 0.15) is 32.3 Å². The second kappa shape index (κ2) is 8.55. The number of carbonyl (C=O) groups excluding carboxylic acids is 1. The van der Waals surface area contributed by atoms with Gasteiger partial charge < -0.3 is 15.1 Å². The third-order valence-electron chi connectivity index (χ3n) is 5.76. The first-order valence-electron chi connectivity index (χ1n) is 10.3. The number of hydrogen-bond acceptors (Lipinski definition) is 3. The SMILES string of the molecule is CC(C)NC1CCN(C(=O)C2Cc3ccccc3N2c2cc(Cl)cc(Cl)c2)CC1. The summed E-state index contributed by atoms with van der Waals surface area (Å²) in [5.41, 5.74) is 3.10. The Morgan fingerprint density at radius 3 is 2.38 bits per heavy atom. The highest BCUT2D eigenvalue weighted by atomic mass is 35.5. The van der Waals surface area contributed by atoms with Crippen LogP contribution in [0.2, 0.25) is 10.0 Å². The van der Waals surface area contributed by atoms with Gasteiger partial charge in [0.2, 0.25) is 5.91 Å². The number of nitrogens with one attached hydrogen (secondary N) is 1. The molecule has 29 heavy (non-hydrogen) atoms. The summed E-state index contributed by atoms with van der Waals surface area (Å²) >= 11 is 12.6. The maximum Gasteiger partial charge on any atom is 0.246 e. The Hall–Kier alpha value is -1.75. The molecule has 0 aliphatic carbocycles. The van der Waals surface area contributed by atoms with Crippen molar-refractivity contribution in [2.75, 3.05) is 18.0 Å². The fourth-order valence-electron chi connectivity index (χ4n) is 4.53. The Labute approximate surface area is 182 Å². The molecule has 1 amide bonds. The van der Waals surface area contributed by atoms with E-state index >= 15 is 0 Å². The van der Waals surface area contributed by atoms with E-state index in [0.717, 1.165) is 37.3 Å². The molecule has 1 N–H and O–H groups in total. The average Bonchev–Trinajstić information content (AvgIpc) is 3.06. The van der Waals surface area contributed by atoms with E-state index in [1.54, 1.807) is 6.07 Å². The van der Waals surface area contributed by atoms with E-state index in [2.05, 4.69) is 36.2 Å². The number of benzene rings is 2. The van der Waals surface area contributed by atoms with Crippen LogP contribution in [0.25, 0.3) is 0 Å². The van der Waals surface area contributed by atoms with Gasteiger partial charge in [-0.2, -0.15) is 0 Å². The van der Waals surface area contributed by atoms with E-state index in [-0.39, 0.29) is 11.9 Å². The van der Waals surface area contributed by atoms with Crippen LogP contribution in [-0.2, 0) is 11.2 Å². The topological polar surface area (TPSA) is 35.6 Å². The smallest absolute Gasteiger partial charge is 0.246 e. The number of amides is 1. The molecule has 2 aromatic rings. The minimum absolute atomic E-state index is 0.181. The number of anilines is 2. The van der Waals surface area contributed by atoms with Crippen molar-refractivity contribution in [1.82, 2.24) is 10.2 Å². The molecule has 1 saturated heterocycles. The van der Waals surface area contributed by atoms with Crippen LogP contribution in [0.3, 0.4) is 0 Å². The van der Waals surface area contributed by atoms with Gasteiger partial charge in [-0.3, -0.25) is 4.79 Å². The van der Waals surface area contributed by atoms with Gasteiger partial charge in [0.15, 0.2) is 0 Å². The first-order valence-corrected chi connectivity index (χ1v) is 11.1. The van der Waals surface area contributed by atoms with Crippen molar-refractivity contribution in [3.63, 3.8) is 0 Å². The van der Waals surface area contributed by atoms with Crippen LogP contribution in [0.5, 0.6) is 0 Å². The minimum Gasteiger partial charge on any atom is -0.341 e. The van der Waals surface area contributed by atoms with Crippen molar-refractivity contribution in [2.24, 2.45) is 0 Å². The molecular weight excluding hydrogens is 405 g/mol.